The molecule has 3 aromatic rings. The molecule has 0 fully saturated rings. The minimum Gasteiger partial charge on any atom is -0.357 e. The molecule has 1 aromatic heterocycles. The van der Waals surface area contributed by atoms with Crippen molar-refractivity contribution in [3.8, 4) is 0 Å². The van der Waals surface area contributed by atoms with Crippen LogP contribution in [0.25, 0.3) is 10.9 Å². The molecule has 0 bridgehead atoms. The molecule has 1 atom stereocenters. The van der Waals surface area contributed by atoms with Gasteiger partial charge in [-0.1, -0.05) is 30.3 Å². The van der Waals surface area contributed by atoms with Crippen LogP contribution in [0.5, 0.6) is 0 Å². The second-order valence-corrected chi connectivity index (χ2v) is 5.30. The second-order valence-electron chi connectivity index (χ2n) is 5.30. The van der Waals surface area contributed by atoms with Crippen LogP contribution in [0.2, 0.25) is 0 Å². The third-order valence-corrected chi connectivity index (χ3v) is 4.10. The Balaban J connectivity index is 1.90. The van der Waals surface area contributed by atoms with Crippen LogP contribution in [0.15, 0.2) is 48.5 Å². The average molecular weight is 266 g/mol. The molecule has 2 nitrogen and oxygen atoms in total. The highest BCUT2D eigenvalue weighted by Crippen LogP contribution is 2.35. The number of benzene rings is 2. The van der Waals surface area contributed by atoms with Crippen LogP contribution in [0.1, 0.15) is 22.7 Å². The van der Waals surface area contributed by atoms with Gasteiger partial charge in [-0.05, 0) is 29.3 Å². The number of nitrogens with one attached hydrogen (secondary N) is 2. The first-order chi connectivity index (χ1) is 9.83. The van der Waals surface area contributed by atoms with Gasteiger partial charge >= 0.3 is 0 Å². The van der Waals surface area contributed by atoms with Crippen molar-refractivity contribution >= 4 is 10.9 Å². The molecule has 3 heteroatoms. The molecule has 1 aliphatic rings. The average Bonchev–Trinajstić information content (AvgIpc) is 2.86. The zero-order valence-corrected chi connectivity index (χ0v) is 11.0. The molecule has 1 unspecified atom stereocenters. The van der Waals surface area contributed by atoms with Crippen LogP contribution in [0.3, 0.4) is 0 Å². The summed E-state index contributed by atoms with van der Waals surface area (Å²) in [5, 5.41) is 4.72. The summed E-state index contributed by atoms with van der Waals surface area (Å²) >= 11 is 0. The monoisotopic (exact) mass is 266 g/mol. The van der Waals surface area contributed by atoms with Gasteiger partial charge in [-0.2, -0.15) is 0 Å². The van der Waals surface area contributed by atoms with Crippen LogP contribution in [0.4, 0.5) is 4.39 Å². The van der Waals surface area contributed by atoms with Gasteiger partial charge in [0.1, 0.15) is 5.82 Å². The molecule has 0 aliphatic carbocycles. The Hall–Kier alpha value is -2.13. The summed E-state index contributed by atoms with van der Waals surface area (Å²) in [5.74, 6) is 0.0900. The standard InChI is InChI=1S/C17H15FN2/c18-12-7-5-11(6-8-12)14-9-19-10-16-17(14)13-3-1-2-4-15(13)20-16/h1-8,14,19-20H,9-10H2. The van der Waals surface area contributed by atoms with E-state index < -0.39 is 0 Å². The van der Waals surface area contributed by atoms with Gasteiger partial charge in [0.25, 0.3) is 0 Å². The van der Waals surface area contributed by atoms with Crippen molar-refractivity contribution in [1.29, 1.82) is 0 Å². The van der Waals surface area contributed by atoms with Gasteiger partial charge < -0.3 is 10.3 Å². The summed E-state index contributed by atoms with van der Waals surface area (Å²) in [6.07, 6.45) is 0. The van der Waals surface area contributed by atoms with Crippen LogP contribution >= 0.6 is 0 Å². The van der Waals surface area contributed by atoms with Crippen molar-refractivity contribution in [3.05, 3.63) is 71.2 Å². The summed E-state index contributed by atoms with van der Waals surface area (Å²) in [6.45, 7) is 1.75. The lowest BCUT2D eigenvalue weighted by atomic mass is 9.87. The van der Waals surface area contributed by atoms with E-state index in [9.17, 15) is 4.39 Å². The molecule has 2 heterocycles. The smallest absolute Gasteiger partial charge is 0.123 e. The minimum absolute atomic E-state index is 0.184. The maximum absolute atomic E-state index is 13.1. The highest BCUT2D eigenvalue weighted by Gasteiger charge is 2.25. The van der Waals surface area contributed by atoms with E-state index in [0.717, 1.165) is 18.7 Å². The van der Waals surface area contributed by atoms with Crippen LogP contribution < -0.4 is 5.32 Å². The van der Waals surface area contributed by atoms with Crippen molar-refractivity contribution in [2.24, 2.45) is 0 Å². The fraction of sp³-hybridized carbons (Fsp3) is 0.176. The second kappa shape index (κ2) is 4.46. The molecule has 0 amide bonds. The first-order valence-corrected chi connectivity index (χ1v) is 6.88. The topological polar surface area (TPSA) is 27.8 Å². The zero-order chi connectivity index (χ0) is 13.5. The zero-order valence-electron chi connectivity index (χ0n) is 11.0. The lowest BCUT2D eigenvalue weighted by Gasteiger charge is -2.24. The molecule has 20 heavy (non-hydrogen) atoms. The maximum atomic E-state index is 13.1. The summed E-state index contributed by atoms with van der Waals surface area (Å²) in [5.41, 5.74) is 4.93. The van der Waals surface area contributed by atoms with Crippen molar-refractivity contribution in [1.82, 2.24) is 10.3 Å². The van der Waals surface area contributed by atoms with Gasteiger partial charge in [-0.3, -0.25) is 0 Å². The Morgan fingerprint density at radius 3 is 2.65 bits per heavy atom. The molecule has 100 valence electrons. The largest absolute Gasteiger partial charge is 0.357 e. The van der Waals surface area contributed by atoms with Gasteiger partial charge in [-0.15, -0.1) is 0 Å². The van der Waals surface area contributed by atoms with Gasteiger partial charge in [0, 0.05) is 35.6 Å². The van der Waals surface area contributed by atoms with Crippen LogP contribution in [0, 0.1) is 5.82 Å². The normalized spacial score (nSPS) is 18.1. The van der Waals surface area contributed by atoms with Crippen LogP contribution in [-0.4, -0.2) is 11.5 Å². The molecule has 4 rings (SSSR count). The first kappa shape index (κ1) is 11.7. The van der Waals surface area contributed by atoms with E-state index in [2.05, 4.69) is 28.5 Å². The summed E-state index contributed by atoms with van der Waals surface area (Å²) in [4.78, 5) is 3.49. The molecule has 0 spiro atoms. The van der Waals surface area contributed by atoms with E-state index in [1.165, 1.54) is 22.2 Å². The number of halogens is 1. The van der Waals surface area contributed by atoms with Crippen molar-refractivity contribution in [3.63, 3.8) is 0 Å². The summed E-state index contributed by atoms with van der Waals surface area (Å²) in [6, 6.07) is 15.2. The van der Waals surface area contributed by atoms with E-state index in [1.54, 1.807) is 12.1 Å². The lowest BCUT2D eigenvalue weighted by molar-refractivity contribution is 0.584. The molecule has 2 aromatic carbocycles. The predicted octanol–water partition coefficient (Wildman–Crippen LogP) is 3.54. The fourth-order valence-corrected chi connectivity index (χ4v) is 3.18. The number of aromatic nitrogens is 1. The van der Waals surface area contributed by atoms with Gasteiger partial charge in [0.05, 0.1) is 0 Å². The van der Waals surface area contributed by atoms with E-state index >= 15 is 0 Å². The number of para-hydroxylation sites is 1. The Morgan fingerprint density at radius 1 is 1.00 bits per heavy atom. The van der Waals surface area contributed by atoms with Crippen molar-refractivity contribution in [2.45, 2.75) is 12.5 Å². The Labute approximate surface area is 116 Å². The van der Waals surface area contributed by atoms with Crippen LogP contribution in [-0.2, 0) is 6.54 Å². The quantitative estimate of drug-likeness (QED) is 0.692. The fourth-order valence-electron chi connectivity index (χ4n) is 3.18. The molecular formula is C17H15FN2. The number of aromatic amines is 1. The molecule has 0 radical (unpaired) electrons. The van der Waals surface area contributed by atoms with E-state index in [0.29, 0.717) is 0 Å². The van der Waals surface area contributed by atoms with E-state index in [-0.39, 0.29) is 11.7 Å². The number of fused-ring (bicyclic) bond motifs is 3. The summed E-state index contributed by atoms with van der Waals surface area (Å²) < 4.78 is 13.1. The third kappa shape index (κ3) is 1.74. The number of hydrogen-bond donors (Lipinski definition) is 2. The van der Waals surface area contributed by atoms with Gasteiger partial charge in [0.2, 0.25) is 0 Å². The van der Waals surface area contributed by atoms with Crippen molar-refractivity contribution < 1.29 is 4.39 Å². The maximum Gasteiger partial charge on any atom is 0.123 e. The third-order valence-electron chi connectivity index (χ3n) is 4.10. The lowest BCUT2D eigenvalue weighted by Crippen LogP contribution is -2.28. The number of H-pyrrole nitrogens is 1. The molecule has 1 aliphatic heterocycles. The summed E-state index contributed by atoms with van der Waals surface area (Å²) in [7, 11) is 0. The van der Waals surface area contributed by atoms with Gasteiger partial charge in [-0.25, -0.2) is 4.39 Å². The van der Waals surface area contributed by atoms with Gasteiger partial charge in [0.15, 0.2) is 0 Å². The Morgan fingerprint density at radius 2 is 1.80 bits per heavy atom. The van der Waals surface area contributed by atoms with Crippen molar-refractivity contribution in [2.75, 3.05) is 6.54 Å². The SMILES string of the molecule is Fc1ccc(C2CNCc3[nH]c4ccccc4c32)cc1. The number of rotatable bonds is 1. The predicted molar refractivity (Wildman–Crippen MR) is 78.2 cm³/mol. The molecule has 2 N–H and O–H groups in total. The Bertz CT molecular complexity index is 758. The van der Waals surface area contributed by atoms with E-state index in [1.807, 2.05) is 18.2 Å². The first-order valence-electron chi connectivity index (χ1n) is 6.88. The highest BCUT2D eigenvalue weighted by atomic mass is 19.1. The molecular weight excluding hydrogens is 251 g/mol. The number of hydrogen-bond acceptors (Lipinski definition) is 1. The Kier molecular flexibility index (Phi) is 2.60. The van der Waals surface area contributed by atoms with E-state index in [4.69, 9.17) is 0 Å². The highest BCUT2D eigenvalue weighted by molar-refractivity contribution is 5.86. The minimum atomic E-state index is -0.184. The molecule has 0 saturated heterocycles. The molecule has 0 saturated carbocycles.